The minimum absolute atomic E-state index is 0.752. The molecular formula is C12H10N4. The van der Waals surface area contributed by atoms with Crippen molar-refractivity contribution in [2.24, 2.45) is 0 Å². The molecule has 4 nitrogen and oxygen atoms in total. The number of anilines is 1. The van der Waals surface area contributed by atoms with E-state index < -0.39 is 0 Å². The first-order chi connectivity index (χ1) is 7.84. The Hall–Kier alpha value is -2.36. The van der Waals surface area contributed by atoms with Gasteiger partial charge in [0.05, 0.1) is 5.52 Å². The molecule has 3 N–H and O–H groups in total. The minimum atomic E-state index is 0.752. The van der Waals surface area contributed by atoms with Crippen LogP contribution in [0.5, 0.6) is 0 Å². The molecule has 0 bridgehead atoms. The van der Waals surface area contributed by atoms with Crippen molar-refractivity contribution in [2.75, 3.05) is 5.73 Å². The zero-order valence-electron chi connectivity index (χ0n) is 8.51. The molecule has 0 saturated heterocycles. The van der Waals surface area contributed by atoms with Gasteiger partial charge in [-0.2, -0.15) is 5.10 Å². The summed E-state index contributed by atoms with van der Waals surface area (Å²) in [6, 6.07) is 9.55. The lowest BCUT2D eigenvalue weighted by atomic mass is 10.1. The molecule has 16 heavy (non-hydrogen) atoms. The number of pyridine rings is 1. The smallest absolute Gasteiger partial charge is 0.101 e. The first kappa shape index (κ1) is 8.91. The van der Waals surface area contributed by atoms with Crippen LogP contribution in [0.15, 0.2) is 42.7 Å². The number of aromatic nitrogens is 3. The van der Waals surface area contributed by atoms with Crippen molar-refractivity contribution in [2.45, 2.75) is 0 Å². The van der Waals surface area contributed by atoms with Crippen LogP contribution in [0.4, 0.5) is 5.69 Å². The molecule has 0 spiro atoms. The van der Waals surface area contributed by atoms with Crippen LogP contribution in [0, 0.1) is 0 Å². The van der Waals surface area contributed by atoms with Gasteiger partial charge in [0.1, 0.15) is 5.69 Å². The van der Waals surface area contributed by atoms with Gasteiger partial charge in [0.15, 0.2) is 0 Å². The highest BCUT2D eigenvalue weighted by Gasteiger charge is 2.06. The van der Waals surface area contributed by atoms with Gasteiger partial charge in [-0.25, -0.2) is 0 Å². The number of aromatic amines is 1. The molecule has 0 saturated carbocycles. The Bertz CT molecular complexity index is 625. The largest absolute Gasteiger partial charge is 0.399 e. The number of nitrogens with zero attached hydrogens (tertiary/aromatic N) is 2. The molecule has 0 aliphatic rings. The summed E-state index contributed by atoms with van der Waals surface area (Å²) < 4.78 is 0. The molecule has 0 atom stereocenters. The Kier molecular flexibility index (Phi) is 1.86. The van der Waals surface area contributed by atoms with E-state index in [-0.39, 0.29) is 0 Å². The van der Waals surface area contributed by atoms with Crippen molar-refractivity contribution in [3.63, 3.8) is 0 Å². The van der Waals surface area contributed by atoms with Crippen molar-refractivity contribution >= 4 is 16.6 Å². The van der Waals surface area contributed by atoms with E-state index in [9.17, 15) is 0 Å². The van der Waals surface area contributed by atoms with Crippen LogP contribution in [-0.2, 0) is 0 Å². The first-order valence-corrected chi connectivity index (χ1v) is 4.98. The fourth-order valence-corrected chi connectivity index (χ4v) is 1.72. The lowest BCUT2D eigenvalue weighted by Crippen LogP contribution is -1.84. The summed E-state index contributed by atoms with van der Waals surface area (Å²) in [5, 5.41) is 8.29. The van der Waals surface area contributed by atoms with Crippen LogP contribution in [0.3, 0.4) is 0 Å². The number of benzene rings is 1. The van der Waals surface area contributed by atoms with E-state index in [0.717, 1.165) is 27.8 Å². The molecule has 0 amide bonds. The van der Waals surface area contributed by atoms with Gasteiger partial charge in [-0.15, -0.1) is 0 Å². The quantitative estimate of drug-likeness (QED) is 0.605. The summed E-state index contributed by atoms with van der Waals surface area (Å²) in [6.45, 7) is 0. The zero-order chi connectivity index (χ0) is 11.0. The molecular weight excluding hydrogens is 200 g/mol. The number of hydrogen-bond acceptors (Lipinski definition) is 3. The van der Waals surface area contributed by atoms with Gasteiger partial charge >= 0.3 is 0 Å². The van der Waals surface area contributed by atoms with Crippen LogP contribution in [-0.4, -0.2) is 15.2 Å². The van der Waals surface area contributed by atoms with Crippen molar-refractivity contribution in [1.29, 1.82) is 0 Å². The number of rotatable bonds is 1. The zero-order valence-corrected chi connectivity index (χ0v) is 8.51. The first-order valence-electron chi connectivity index (χ1n) is 4.98. The average molecular weight is 210 g/mol. The van der Waals surface area contributed by atoms with E-state index in [1.165, 1.54) is 0 Å². The van der Waals surface area contributed by atoms with Gasteiger partial charge in [0, 0.05) is 29.0 Å². The Morgan fingerprint density at radius 1 is 1.06 bits per heavy atom. The Morgan fingerprint density at radius 3 is 2.69 bits per heavy atom. The second-order valence-corrected chi connectivity index (χ2v) is 3.62. The monoisotopic (exact) mass is 210 g/mol. The normalized spacial score (nSPS) is 10.8. The lowest BCUT2D eigenvalue weighted by Gasteiger charge is -1.98. The van der Waals surface area contributed by atoms with Crippen molar-refractivity contribution in [1.82, 2.24) is 15.2 Å². The molecule has 1 aromatic carbocycles. The van der Waals surface area contributed by atoms with Crippen LogP contribution in [0.1, 0.15) is 0 Å². The van der Waals surface area contributed by atoms with E-state index in [4.69, 9.17) is 5.73 Å². The second-order valence-electron chi connectivity index (χ2n) is 3.62. The Balaban J connectivity index is 2.22. The van der Waals surface area contributed by atoms with E-state index in [0.29, 0.717) is 0 Å². The molecule has 2 heterocycles. The van der Waals surface area contributed by atoms with Crippen LogP contribution in [0.25, 0.3) is 22.2 Å². The van der Waals surface area contributed by atoms with E-state index in [1.54, 1.807) is 6.20 Å². The highest BCUT2D eigenvalue weighted by atomic mass is 15.1. The van der Waals surface area contributed by atoms with E-state index in [2.05, 4.69) is 15.2 Å². The van der Waals surface area contributed by atoms with Gasteiger partial charge in [0.2, 0.25) is 0 Å². The molecule has 0 fully saturated rings. The molecule has 0 radical (unpaired) electrons. The summed E-state index contributed by atoms with van der Waals surface area (Å²) in [6.07, 6.45) is 3.55. The van der Waals surface area contributed by atoms with E-state index in [1.807, 2.05) is 36.5 Å². The van der Waals surface area contributed by atoms with E-state index >= 15 is 0 Å². The summed E-state index contributed by atoms with van der Waals surface area (Å²) in [5.41, 5.74) is 9.33. The second kappa shape index (κ2) is 3.34. The third kappa shape index (κ3) is 1.32. The molecule has 78 valence electrons. The summed E-state index contributed by atoms with van der Waals surface area (Å²) >= 11 is 0. The van der Waals surface area contributed by atoms with Crippen LogP contribution < -0.4 is 5.73 Å². The van der Waals surface area contributed by atoms with Gasteiger partial charge in [-0.1, -0.05) is 12.1 Å². The van der Waals surface area contributed by atoms with Crippen molar-refractivity contribution in [3.05, 3.63) is 42.7 Å². The Labute approximate surface area is 92.1 Å². The highest BCUT2D eigenvalue weighted by Crippen LogP contribution is 2.25. The molecule has 2 aromatic heterocycles. The number of nitrogens with one attached hydrogen (secondary N) is 1. The fourth-order valence-electron chi connectivity index (χ4n) is 1.72. The third-order valence-electron chi connectivity index (χ3n) is 2.55. The molecule has 4 heteroatoms. The maximum absolute atomic E-state index is 5.65. The highest BCUT2D eigenvalue weighted by molar-refractivity contribution is 5.92. The van der Waals surface area contributed by atoms with Crippen molar-refractivity contribution in [3.8, 4) is 11.3 Å². The average Bonchev–Trinajstić information content (AvgIpc) is 2.74. The molecule has 0 aliphatic heterocycles. The number of nitrogens with two attached hydrogens (primary N) is 1. The number of nitrogen functional groups attached to an aromatic ring is 1. The standard InChI is InChI=1S/C12H10N4/c13-9-3-1-8(2-4-9)12-10-7-14-6-5-11(10)15-16-12/h1-7H,13H2,(H,15,16). The maximum Gasteiger partial charge on any atom is 0.101 e. The Morgan fingerprint density at radius 2 is 1.88 bits per heavy atom. The fraction of sp³-hybridized carbons (Fsp3) is 0. The number of hydrogen-bond donors (Lipinski definition) is 2. The maximum atomic E-state index is 5.65. The van der Waals surface area contributed by atoms with Gasteiger partial charge in [-0.05, 0) is 18.2 Å². The summed E-state index contributed by atoms with van der Waals surface area (Å²) in [7, 11) is 0. The van der Waals surface area contributed by atoms with Gasteiger partial charge < -0.3 is 5.73 Å². The number of fused-ring (bicyclic) bond motifs is 1. The van der Waals surface area contributed by atoms with Crippen molar-refractivity contribution < 1.29 is 0 Å². The van der Waals surface area contributed by atoms with Gasteiger partial charge in [0.25, 0.3) is 0 Å². The van der Waals surface area contributed by atoms with Gasteiger partial charge in [-0.3, -0.25) is 10.1 Å². The topological polar surface area (TPSA) is 67.6 Å². The number of H-pyrrole nitrogens is 1. The molecule has 3 rings (SSSR count). The molecule has 0 unspecified atom stereocenters. The molecule has 3 aromatic rings. The van der Waals surface area contributed by atoms with Crippen LogP contribution in [0.2, 0.25) is 0 Å². The lowest BCUT2D eigenvalue weighted by molar-refractivity contribution is 1.12. The minimum Gasteiger partial charge on any atom is -0.399 e. The third-order valence-corrected chi connectivity index (χ3v) is 2.55. The summed E-state index contributed by atoms with van der Waals surface area (Å²) in [5.74, 6) is 0. The summed E-state index contributed by atoms with van der Waals surface area (Å²) in [4.78, 5) is 4.10. The predicted molar refractivity (Wildman–Crippen MR) is 63.7 cm³/mol. The SMILES string of the molecule is Nc1ccc(-c2n[nH]c3ccncc23)cc1. The van der Waals surface area contributed by atoms with Crippen LogP contribution >= 0.6 is 0 Å². The molecule has 0 aliphatic carbocycles. The predicted octanol–water partition coefficient (Wildman–Crippen LogP) is 2.21.